The Morgan fingerprint density at radius 2 is 1.75 bits per heavy atom. The molecule has 1 nitrogen and oxygen atoms in total. The summed E-state index contributed by atoms with van der Waals surface area (Å²) in [7, 11) is 0. The van der Waals surface area contributed by atoms with Crippen molar-refractivity contribution in [2.45, 2.75) is 45.6 Å². The van der Waals surface area contributed by atoms with E-state index in [0.717, 1.165) is 5.75 Å². The van der Waals surface area contributed by atoms with E-state index in [-0.39, 0.29) is 0 Å². The van der Waals surface area contributed by atoms with Gasteiger partial charge < -0.3 is 4.74 Å². The van der Waals surface area contributed by atoms with Crippen LogP contribution < -0.4 is 4.74 Å². The van der Waals surface area contributed by atoms with Gasteiger partial charge in [0.25, 0.3) is 0 Å². The molecule has 2 rings (SSSR count). The molecule has 20 heavy (non-hydrogen) atoms. The molecular weight excluding hydrogens is 244 g/mol. The maximum Gasteiger partial charge on any atom is 0.120 e. The van der Waals surface area contributed by atoms with Crippen LogP contribution in [0.15, 0.2) is 54.6 Å². The van der Waals surface area contributed by atoms with E-state index in [9.17, 15) is 0 Å². The van der Waals surface area contributed by atoms with E-state index >= 15 is 0 Å². The summed E-state index contributed by atoms with van der Waals surface area (Å²) in [5.41, 5.74) is 2.61. The van der Waals surface area contributed by atoms with Gasteiger partial charge in [-0.2, -0.15) is 0 Å². The highest BCUT2D eigenvalue weighted by molar-refractivity contribution is 5.31. The van der Waals surface area contributed by atoms with Crippen LogP contribution in [0.1, 0.15) is 50.2 Å². The molecule has 0 aliphatic heterocycles. The summed E-state index contributed by atoms with van der Waals surface area (Å²) >= 11 is 0. The fourth-order valence-electron chi connectivity index (χ4n) is 2.55. The van der Waals surface area contributed by atoms with Crippen LogP contribution in [0, 0.1) is 0 Å². The summed E-state index contributed by atoms with van der Waals surface area (Å²) in [6, 6.07) is 18.9. The third-order valence-corrected chi connectivity index (χ3v) is 3.71. The molecule has 0 amide bonds. The quantitative estimate of drug-likeness (QED) is 0.639. The fraction of sp³-hybridized carbons (Fsp3) is 0.368. The zero-order chi connectivity index (χ0) is 14.2. The van der Waals surface area contributed by atoms with Crippen molar-refractivity contribution in [3.8, 4) is 5.75 Å². The van der Waals surface area contributed by atoms with E-state index < -0.39 is 0 Å². The third kappa shape index (κ3) is 4.12. The first-order valence-corrected chi connectivity index (χ1v) is 7.60. The molecule has 2 aromatic rings. The summed E-state index contributed by atoms with van der Waals surface area (Å²) in [5.74, 6) is 1.63. The smallest absolute Gasteiger partial charge is 0.120 e. The van der Waals surface area contributed by atoms with E-state index in [2.05, 4.69) is 44.2 Å². The molecule has 0 radical (unpaired) electrons. The summed E-state index contributed by atoms with van der Waals surface area (Å²) in [6.07, 6.45) is 3.67. The zero-order valence-corrected chi connectivity index (χ0v) is 12.5. The molecule has 0 aliphatic rings. The highest BCUT2D eigenvalue weighted by atomic mass is 16.5. The summed E-state index contributed by atoms with van der Waals surface area (Å²) in [6.45, 7) is 5.14. The lowest BCUT2D eigenvalue weighted by Crippen LogP contribution is -1.99. The predicted octanol–water partition coefficient (Wildman–Crippen LogP) is 5.56. The van der Waals surface area contributed by atoms with E-state index in [1.807, 2.05) is 24.3 Å². The van der Waals surface area contributed by atoms with Crippen molar-refractivity contribution < 1.29 is 4.74 Å². The van der Waals surface area contributed by atoms with Crippen LogP contribution in [0.5, 0.6) is 5.75 Å². The highest BCUT2D eigenvalue weighted by Gasteiger charge is 2.09. The molecule has 2 aromatic carbocycles. The number of ether oxygens (including phenoxy) is 1. The fourth-order valence-corrected chi connectivity index (χ4v) is 2.55. The maximum absolute atomic E-state index is 5.91. The minimum Gasteiger partial charge on any atom is -0.489 e. The van der Waals surface area contributed by atoms with Crippen LogP contribution in [-0.4, -0.2) is 0 Å². The van der Waals surface area contributed by atoms with E-state index in [1.54, 1.807) is 0 Å². The van der Waals surface area contributed by atoms with Crippen molar-refractivity contribution >= 4 is 0 Å². The largest absolute Gasteiger partial charge is 0.489 e. The SMILES string of the molecule is CCCC(CC)c1cccc(OCc2ccccc2)c1. The molecular formula is C19H24O. The van der Waals surface area contributed by atoms with Gasteiger partial charge in [-0.15, -0.1) is 0 Å². The topological polar surface area (TPSA) is 9.23 Å². The normalized spacial score (nSPS) is 12.1. The van der Waals surface area contributed by atoms with E-state index in [0.29, 0.717) is 12.5 Å². The second-order valence-corrected chi connectivity index (χ2v) is 5.24. The Kier molecular flexibility index (Phi) is 5.67. The van der Waals surface area contributed by atoms with Crippen LogP contribution in [0.2, 0.25) is 0 Å². The van der Waals surface area contributed by atoms with Crippen molar-refractivity contribution in [2.24, 2.45) is 0 Å². The molecule has 0 heterocycles. The van der Waals surface area contributed by atoms with Gasteiger partial charge in [0.05, 0.1) is 0 Å². The average Bonchev–Trinajstić information content (AvgIpc) is 2.52. The second kappa shape index (κ2) is 7.74. The zero-order valence-electron chi connectivity index (χ0n) is 12.5. The molecule has 1 unspecified atom stereocenters. The van der Waals surface area contributed by atoms with Crippen molar-refractivity contribution in [1.82, 2.24) is 0 Å². The lowest BCUT2D eigenvalue weighted by Gasteiger charge is -2.15. The minimum absolute atomic E-state index is 0.634. The van der Waals surface area contributed by atoms with Crippen molar-refractivity contribution in [3.05, 3.63) is 65.7 Å². The van der Waals surface area contributed by atoms with Crippen molar-refractivity contribution in [1.29, 1.82) is 0 Å². The molecule has 0 saturated heterocycles. The van der Waals surface area contributed by atoms with Crippen LogP contribution in [0.25, 0.3) is 0 Å². The molecule has 0 bridgehead atoms. The van der Waals surface area contributed by atoms with Gasteiger partial charge in [-0.1, -0.05) is 62.7 Å². The Morgan fingerprint density at radius 1 is 0.950 bits per heavy atom. The number of hydrogen-bond acceptors (Lipinski definition) is 1. The first-order chi connectivity index (χ1) is 9.83. The molecule has 1 atom stereocenters. The molecule has 0 aliphatic carbocycles. The lowest BCUT2D eigenvalue weighted by atomic mass is 9.92. The Morgan fingerprint density at radius 3 is 2.45 bits per heavy atom. The van der Waals surface area contributed by atoms with Crippen LogP contribution >= 0.6 is 0 Å². The Bertz CT molecular complexity index is 504. The predicted molar refractivity (Wildman–Crippen MR) is 85.2 cm³/mol. The lowest BCUT2D eigenvalue weighted by molar-refractivity contribution is 0.305. The summed E-state index contributed by atoms with van der Waals surface area (Å²) in [5, 5.41) is 0. The molecule has 0 N–H and O–H groups in total. The van der Waals surface area contributed by atoms with Gasteiger partial charge >= 0.3 is 0 Å². The average molecular weight is 268 g/mol. The van der Waals surface area contributed by atoms with E-state index in [1.165, 1.54) is 30.4 Å². The summed E-state index contributed by atoms with van der Waals surface area (Å²) < 4.78 is 5.91. The number of benzene rings is 2. The number of rotatable bonds is 7. The standard InChI is InChI=1S/C19H24O/c1-3-9-17(4-2)18-12-8-13-19(14-18)20-15-16-10-6-5-7-11-16/h5-8,10-14,17H,3-4,9,15H2,1-2H3. The Labute approximate surface area is 122 Å². The van der Waals surface area contributed by atoms with Crippen LogP contribution in [0.3, 0.4) is 0 Å². The van der Waals surface area contributed by atoms with Gasteiger partial charge in [-0.05, 0) is 42.0 Å². The number of hydrogen-bond donors (Lipinski definition) is 0. The first kappa shape index (κ1) is 14.6. The van der Waals surface area contributed by atoms with E-state index in [4.69, 9.17) is 4.74 Å². The molecule has 0 spiro atoms. The van der Waals surface area contributed by atoms with Gasteiger partial charge in [0.2, 0.25) is 0 Å². The monoisotopic (exact) mass is 268 g/mol. The first-order valence-electron chi connectivity index (χ1n) is 7.60. The Hall–Kier alpha value is -1.76. The van der Waals surface area contributed by atoms with Gasteiger partial charge in [-0.25, -0.2) is 0 Å². The molecule has 0 saturated carbocycles. The van der Waals surface area contributed by atoms with Crippen molar-refractivity contribution in [3.63, 3.8) is 0 Å². The van der Waals surface area contributed by atoms with Crippen LogP contribution in [-0.2, 0) is 6.61 Å². The highest BCUT2D eigenvalue weighted by Crippen LogP contribution is 2.27. The van der Waals surface area contributed by atoms with Gasteiger partial charge in [0.15, 0.2) is 0 Å². The Balaban J connectivity index is 2.02. The van der Waals surface area contributed by atoms with Gasteiger partial charge in [0, 0.05) is 0 Å². The van der Waals surface area contributed by atoms with Crippen LogP contribution in [0.4, 0.5) is 0 Å². The molecule has 0 aromatic heterocycles. The van der Waals surface area contributed by atoms with Gasteiger partial charge in [0.1, 0.15) is 12.4 Å². The second-order valence-electron chi connectivity index (χ2n) is 5.24. The molecule has 1 heteroatoms. The third-order valence-electron chi connectivity index (χ3n) is 3.71. The maximum atomic E-state index is 5.91. The van der Waals surface area contributed by atoms with Gasteiger partial charge in [-0.3, -0.25) is 0 Å². The van der Waals surface area contributed by atoms with Crippen molar-refractivity contribution in [2.75, 3.05) is 0 Å². The molecule has 0 fully saturated rings. The molecule has 106 valence electrons. The minimum atomic E-state index is 0.634. The summed E-state index contributed by atoms with van der Waals surface area (Å²) in [4.78, 5) is 0.